The van der Waals surface area contributed by atoms with Crippen molar-refractivity contribution in [2.45, 2.75) is 16.2 Å². The van der Waals surface area contributed by atoms with Gasteiger partial charge >= 0.3 is 5.97 Å². The van der Waals surface area contributed by atoms with Crippen molar-refractivity contribution in [1.82, 2.24) is 4.98 Å². The van der Waals surface area contributed by atoms with Gasteiger partial charge in [-0.1, -0.05) is 18.2 Å². The molecule has 0 spiro atoms. The molecule has 1 aromatic carbocycles. The minimum atomic E-state index is -1.22. The predicted octanol–water partition coefficient (Wildman–Crippen LogP) is 3.62. The number of aromatic hydroxyl groups is 1. The lowest BCUT2D eigenvalue weighted by atomic mass is 10.2. The van der Waals surface area contributed by atoms with E-state index >= 15 is 0 Å². The molecular weight excluding hydrogens is 298 g/mol. The highest BCUT2D eigenvalue weighted by Gasteiger charge is 2.24. The van der Waals surface area contributed by atoms with Gasteiger partial charge in [0.1, 0.15) is 0 Å². The lowest BCUT2D eigenvalue weighted by Crippen LogP contribution is -2.02. The van der Waals surface area contributed by atoms with E-state index in [4.69, 9.17) is 5.11 Å². The molecule has 4 nitrogen and oxygen atoms in total. The first-order chi connectivity index (χ1) is 10.6. The minimum Gasteiger partial charge on any atom is -0.505 e. The Labute approximate surface area is 130 Å². The van der Waals surface area contributed by atoms with Gasteiger partial charge in [-0.25, -0.2) is 9.78 Å². The maximum Gasteiger partial charge on any atom is 0.358 e. The van der Waals surface area contributed by atoms with Gasteiger partial charge in [0.05, 0.1) is 0 Å². The highest BCUT2D eigenvalue weighted by molar-refractivity contribution is 8.20. The Morgan fingerprint density at radius 3 is 2.68 bits per heavy atom. The molecule has 0 amide bonds. The number of nitrogens with zero attached hydrogens (tertiary/aromatic N) is 1. The monoisotopic (exact) mass is 313 g/mol. The second kappa shape index (κ2) is 5.69. The van der Waals surface area contributed by atoms with Crippen molar-refractivity contribution in [1.29, 1.82) is 0 Å². The van der Waals surface area contributed by atoms with Crippen LogP contribution in [0.25, 0.3) is 6.08 Å². The van der Waals surface area contributed by atoms with Crippen molar-refractivity contribution < 1.29 is 15.0 Å². The molecule has 1 unspecified atom stereocenters. The van der Waals surface area contributed by atoms with Crippen LogP contribution >= 0.6 is 10.9 Å². The van der Waals surface area contributed by atoms with Gasteiger partial charge in [0.25, 0.3) is 0 Å². The standard InChI is InChI=1S/C17H15NO3S/c1-2-3-11-4-6-12(7-5-11)22-9-8-13-14(22)10-18-15(16(13)19)17(20)21/h2,4-10,19,22H,1,3H2,(H,20,21). The van der Waals surface area contributed by atoms with Crippen LogP contribution in [0.2, 0.25) is 0 Å². The van der Waals surface area contributed by atoms with E-state index in [1.165, 1.54) is 5.56 Å². The number of carboxylic acid groups (broad SMARTS) is 1. The number of pyridine rings is 1. The van der Waals surface area contributed by atoms with E-state index in [1.807, 2.05) is 11.5 Å². The lowest BCUT2D eigenvalue weighted by Gasteiger charge is -2.16. The average Bonchev–Trinajstić information content (AvgIpc) is 2.93. The van der Waals surface area contributed by atoms with E-state index in [0.717, 1.165) is 16.2 Å². The minimum absolute atomic E-state index is 0.255. The molecule has 0 saturated carbocycles. The number of hydrogen-bond donors (Lipinski definition) is 3. The molecule has 22 heavy (non-hydrogen) atoms. The number of hydrogen-bond acceptors (Lipinski definition) is 3. The van der Waals surface area contributed by atoms with E-state index in [0.29, 0.717) is 5.56 Å². The molecule has 1 aromatic heterocycles. The van der Waals surface area contributed by atoms with Crippen molar-refractivity contribution in [3.05, 3.63) is 65.3 Å². The summed E-state index contributed by atoms with van der Waals surface area (Å²) in [5.41, 5.74) is 1.45. The van der Waals surface area contributed by atoms with Gasteiger partial charge < -0.3 is 10.2 Å². The molecule has 1 aliphatic rings. The van der Waals surface area contributed by atoms with E-state index in [9.17, 15) is 9.90 Å². The first-order valence-electron chi connectivity index (χ1n) is 6.74. The number of aromatic nitrogens is 1. The number of rotatable bonds is 4. The normalized spacial score (nSPS) is 17.2. The average molecular weight is 313 g/mol. The molecule has 0 aliphatic carbocycles. The Morgan fingerprint density at radius 2 is 2.05 bits per heavy atom. The molecular formula is C17H15NO3S. The third kappa shape index (κ3) is 2.40. The summed E-state index contributed by atoms with van der Waals surface area (Å²) in [6.45, 7) is 3.73. The molecule has 0 radical (unpaired) electrons. The summed E-state index contributed by atoms with van der Waals surface area (Å²) in [4.78, 5) is 16.9. The fourth-order valence-electron chi connectivity index (χ4n) is 2.43. The largest absolute Gasteiger partial charge is 0.505 e. The zero-order chi connectivity index (χ0) is 15.7. The number of aromatic carboxylic acids is 1. The zero-order valence-corrected chi connectivity index (χ0v) is 12.6. The van der Waals surface area contributed by atoms with Crippen LogP contribution in [0.15, 0.2) is 58.3 Å². The van der Waals surface area contributed by atoms with Crippen molar-refractivity contribution >= 4 is 22.9 Å². The van der Waals surface area contributed by atoms with Crippen LogP contribution in [0.4, 0.5) is 0 Å². The Hall–Kier alpha value is -2.53. The van der Waals surface area contributed by atoms with Crippen LogP contribution in [0.5, 0.6) is 5.75 Å². The van der Waals surface area contributed by atoms with Gasteiger partial charge in [-0.3, -0.25) is 0 Å². The molecule has 2 heterocycles. The summed E-state index contributed by atoms with van der Waals surface area (Å²) < 4.78 is 0. The van der Waals surface area contributed by atoms with Crippen molar-refractivity contribution in [3.8, 4) is 5.75 Å². The third-order valence-corrected chi connectivity index (χ3v) is 5.70. The van der Waals surface area contributed by atoms with Gasteiger partial charge in [0.15, 0.2) is 11.4 Å². The molecule has 0 fully saturated rings. The van der Waals surface area contributed by atoms with E-state index < -0.39 is 16.9 Å². The van der Waals surface area contributed by atoms with Crippen LogP contribution < -0.4 is 0 Å². The molecule has 5 heteroatoms. The number of allylic oxidation sites excluding steroid dienone is 1. The van der Waals surface area contributed by atoms with E-state index in [2.05, 4.69) is 35.8 Å². The van der Waals surface area contributed by atoms with Gasteiger partial charge in [0.2, 0.25) is 0 Å². The molecule has 2 N–H and O–H groups in total. The van der Waals surface area contributed by atoms with E-state index in [1.54, 1.807) is 12.3 Å². The zero-order valence-electron chi connectivity index (χ0n) is 11.7. The molecule has 0 saturated heterocycles. The van der Waals surface area contributed by atoms with Crippen LogP contribution in [0.1, 0.15) is 21.6 Å². The van der Waals surface area contributed by atoms with Gasteiger partial charge in [0, 0.05) is 16.7 Å². The van der Waals surface area contributed by atoms with Crippen molar-refractivity contribution in [2.75, 3.05) is 0 Å². The molecule has 1 aliphatic heterocycles. The highest BCUT2D eigenvalue weighted by Crippen LogP contribution is 2.54. The summed E-state index contributed by atoms with van der Waals surface area (Å²) >= 11 is 0. The van der Waals surface area contributed by atoms with Crippen LogP contribution in [-0.2, 0) is 6.42 Å². The topological polar surface area (TPSA) is 70.4 Å². The quantitative estimate of drug-likeness (QED) is 0.595. The lowest BCUT2D eigenvalue weighted by molar-refractivity contribution is 0.0686. The number of carbonyl (C=O) groups is 1. The summed E-state index contributed by atoms with van der Waals surface area (Å²) in [6.07, 6.45) is 6.03. The molecule has 2 aromatic rings. The first kappa shape index (κ1) is 14.4. The summed E-state index contributed by atoms with van der Waals surface area (Å²) in [6, 6.07) is 8.24. The number of benzene rings is 1. The van der Waals surface area contributed by atoms with Crippen LogP contribution in [0, 0.1) is 0 Å². The van der Waals surface area contributed by atoms with Crippen LogP contribution in [-0.4, -0.2) is 21.2 Å². The van der Waals surface area contributed by atoms with Gasteiger partial charge in [-0.15, -0.1) is 6.58 Å². The SMILES string of the molecule is C=CCc1ccc([SH]2C=Cc3c2cnc(C(=O)O)c3O)cc1. The van der Waals surface area contributed by atoms with Crippen LogP contribution in [0.3, 0.4) is 0 Å². The van der Waals surface area contributed by atoms with Crippen molar-refractivity contribution in [3.63, 3.8) is 0 Å². The Morgan fingerprint density at radius 1 is 1.32 bits per heavy atom. The highest BCUT2D eigenvalue weighted by atomic mass is 32.2. The molecule has 112 valence electrons. The molecule has 3 rings (SSSR count). The van der Waals surface area contributed by atoms with Gasteiger partial charge in [-0.2, -0.15) is 10.9 Å². The fourth-order valence-corrected chi connectivity index (χ4v) is 4.43. The maximum atomic E-state index is 11.0. The summed E-state index contributed by atoms with van der Waals surface area (Å²) in [5.74, 6) is -1.48. The Balaban J connectivity index is 1.98. The summed E-state index contributed by atoms with van der Waals surface area (Å²) in [7, 11) is -0.747. The number of fused-ring (bicyclic) bond motifs is 1. The summed E-state index contributed by atoms with van der Waals surface area (Å²) in [5, 5.41) is 21.1. The van der Waals surface area contributed by atoms with Gasteiger partial charge in [-0.05, 0) is 40.5 Å². The second-order valence-electron chi connectivity index (χ2n) is 4.90. The maximum absolute atomic E-state index is 11.0. The number of thiol groups is 1. The second-order valence-corrected chi connectivity index (χ2v) is 6.94. The predicted molar refractivity (Wildman–Crippen MR) is 87.8 cm³/mol. The molecule has 0 bridgehead atoms. The molecule has 1 atom stereocenters. The van der Waals surface area contributed by atoms with E-state index in [-0.39, 0.29) is 11.4 Å². The van der Waals surface area contributed by atoms with Crippen molar-refractivity contribution in [2.24, 2.45) is 0 Å². The Kier molecular flexibility index (Phi) is 3.73. The first-order valence-corrected chi connectivity index (χ1v) is 8.15. The number of carboxylic acids is 1. The Bertz CT molecular complexity index is 781. The third-order valence-electron chi connectivity index (χ3n) is 3.52. The fraction of sp³-hybridized carbons (Fsp3) is 0.0588. The smallest absolute Gasteiger partial charge is 0.358 e.